The molecular weight excluding hydrogens is 1010 g/mol. The molecule has 6 aromatic rings. The first-order chi connectivity index (χ1) is 36.9. The zero-order chi connectivity index (χ0) is 55.9. The van der Waals surface area contributed by atoms with Crippen molar-refractivity contribution in [3.8, 4) is 22.5 Å². The fraction of sp³-hybridized carbons (Fsp3) is 0.491. The van der Waals surface area contributed by atoms with Crippen LogP contribution in [0.3, 0.4) is 0 Å². The maximum Gasteiger partial charge on any atom is 0.419 e. The predicted octanol–water partition coefficient (Wildman–Crippen LogP) is 9.68. The topological polar surface area (TPSA) is 175 Å². The number of alkyl halides is 3. The van der Waals surface area contributed by atoms with Crippen LogP contribution < -0.4 is 25.8 Å². The summed E-state index contributed by atoms with van der Waals surface area (Å²) in [6.45, 7) is 19.3. The zero-order valence-electron chi connectivity index (χ0n) is 45.8. The SMILES string of the molecule is CC(C)(C)NCCCc1cc(-c2cncc(F)c2)nc(C2CCN(c3ncnc4c3C(C)(C)C(=O)N4)CC2)c1.CN(C)CCn1cc(-c2ccc(F)c(C(F)(F)F)c2)nc1C1CCN(c2ncnc3c2C(C)(C)C(=O)N3)CC1. The summed E-state index contributed by atoms with van der Waals surface area (Å²) in [5.74, 6) is 2.05. The Balaban J connectivity index is 0.000000190. The highest BCUT2D eigenvalue weighted by Gasteiger charge is 2.45. The molecule has 414 valence electrons. The maximum atomic E-state index is 14.0. The first-order valence-electron chi connectivity index (χ1n) is 26.7. The average Bonchev–Trinajstić information content (AvgIpc) is 4.17. The molecule has 2 amide bonds. The van der Waals surface area contributed by atoms with Gasteiger partial charge in [0, 0.05) is 85.9 Å². The van der Waals surface area contributed by atoms with E-state index in [0.717, 1.165) is 117 Å². The molecule has 2 fully saturated rings. The number of carbonyl (C=O) groups is 2. The van der Waals surface area contributed by atoms with Crippen molar-refractivity contribution in [2.24, 2.45) is 0 Å². The summed E-state index contributed by atoms with van der Waals surface area (Å²) >= 11 is 0. The Morgan fingerprint density at radius 3 is 1.87 bits per heavy atom. The van der Waals surface area contributed by atoms with Gasteiger partial charge in [-0.3, -0.25) is 19.6 Å². The summed E-state index contributed by atoms with van der Waals surface area (Å²) in [4.78, 5) is 63.0. The van der Waals surface area contributed by atoms with Crippen LogP contribution >= 0.6 is 0 Å². The molecule has 0 spiro atoms. The van der Waals surface area contributed by atoms with Gasteiger partial charge in [-0.05, 0) is 150 Å². The minimum Gasteiger partial charge on any atom is -0.356 e. The smallest absolute Gasteiger partial charge is 0.356 e. The number of hydrogen-bond acceptors (Lipinski definition) is 13. The van der Waals surface area contributed by atoms with Gasteiger partial charge in [-0.1, -0.05) is 0 Å². The maximum absolute atomic E-state index is 14.0. The first-order valence-corrected chi connectivity index (χ1v) is 26.7. The number of hydrogen-bond donors (Lipinski definition) is 3. The van der Waals surface area contributed by atoms with Crippen molar-refractivity contribution >= 4 is 35.1 Å². The number of fused-ring (bicyclic) bond motifs is 2. The number of nitrogens with one attached hydrogen (secondary N) is 3. The molecule has 0 radical (unpaired) electrons. The minimum absolute atomic E-state index is 0.0489. The number of piperidine rings is 2. The van der Waals surface area contributed by atoms with Crippen LogP contribution in [0.1, 0.15) is 126 Å². The molecule has 21 heteroatoms. The molecule has 2 saturated heterocycles. The molecule has 0 atom stereocenters. The molecule has 0 bridgehead atoms. The van der Waals surface area contributed by atoms with Gasteiger partial charge in [-0.15, -0.1) is 0 Å². The van der Waals surface area contributed by atoms with Gasteiger partial charge >= 0.3 is 6.18 Å². The molecule has 16 nitrogen and oxygen atoms in total. The number of carbonyl (C=O) groups excluding carboxylic acids is 2. The van der Waals surface area contributed by atoms with Crippen molar-refractivity contribution in [1.29, 1.82) is 0 Å². The summed E-state index contributed by atoms with van der Waals surface area (Å²) < 4.78 is 70.0. The van der Waals surface area contributed by atoms with Crippen LogP contribution in [0.25, 0.3) is 22.5 Å². The van der Waals surface area contributed by atoms with Gasteiger partial charge in [0.05, 0.1) is 45.1 Å². The second kappa shape index (κ2) is 22.0. The number of aromatic nitrogens is 8. The van der Waals surface area contributed by atoms with Crippen molar-refractivity contribution in [3.05, 3.63) is 113 Å². The lowest BCUT2D eigenvalue weighted by molar-refractivity contribution is -0.140. The van der Waals surface area contributed by atoms with Crippen molar-refractivity contribution in [3.63, 3.8) is 0 Å². The van der Waals surface area contributed by atoms with Crippen molar-refractivity contribution in [1.82, 2.24) is 49.7 Å². The highest BCUT2D eigenvalue weighted by Crippen LogP contribution is 2.45. The Morgan fingerprint density at radius 2 is 1.32 bits per heavy atom. The predicted molar refractivity (Wildman–Crippen MR) is 290 cm³/mol. The van der Waals surface area contributed by atoms with Gasteiger partial charge in [-0.2, -0.15) is 13.2 Å². The Kier molecular flexibility index (Phi) is 15.7. The molecule has 9 heterocycles. The zero-order valence-corrected chi connectivity index (χ0v) is 45.8. The van der Waals surface area contributed by atoms with E-state index in [4.69, 9.17) is 9.97 Å². The van der Waals surface area contributed by atoms with E-state index in [1.165, 1.54) is 36.5 Å². The quantitative estimate of drug-likeness (QED) is 0.0737. The molecule has 0 saturated carbocycles. The highest BCUT2D eigenvalue weighted by molar-refractivity contribution is 6.07. The molecule has 4 aliphatic heterocycles. The number of rotatable bonds is 13. The van der Waals surface area contributed by atoms with Crippen LogP contribution in [0, 0.1) is 11.6 Å². The van der Waals surface area contributed by atoms with E-state index in [9.17, 15) is 31.5 Å². The third-order valence-electron chi connectivity index (χ3n) is 15.2. The number of likely N-dealkylation sites (N-methyl/N-ethyl adjacent to an activating group) is 1. The highest BCUT2D eigenvalue weighted by atomic mass is 19.4. The van der Waals surface area contributed by atoms with E-state index in [2.05, 4.69) is 83.6 Å². The molecule has 5 aromatic heterocycles. The largest absolute Gasteiger partial charge is 0.419 e. The molecule has 78 heavy (non-hydrogen) atoms. The molecule has 0 unspecified atom stereocenters. The Hall–Kier alpha value is -7.00. The lowest BCUT2D eigenvalue weighted by Crippen LogP contribution is -2.37. The number of halogens is 5. The van der Waals surface area contributed by atoms with Gasteiger partial charge in [-0.25, -0.2) is 33.7 Å². The number of anilines is 4. The van der Waals surface area contributed by atoms with E-state index in [-0.39, 0.29) is 40.6 Å². The Labute approximate surface area is 452 Å². The molecule has 3 N–H and O–H groups in total. The van der Waals surface area contributed by atoms with Crippen LogP contribution in [0.2, 0.25) is 0 Å². The Bertz CT molecular complexity index is 3170. The van der Waals surface area contributed by atoms with Crippen molar-refractivity contribution in [2.45, 2.75) is 128 Å². The number of pyridine rings is 2. The van der Waals surface area contributed by atoms with Gasteiger partial charge < -0.3 is 35.2 Å². The van der Waals surface area contributed by atoms with Crippen LogP contribution in [0.4, 0.5) is 45.2 Å². The summed E-state index contributed by atoms with van der Waals surface area (Å²) in [6, 6.07) is 8.80. The standard InChI is InChI=1S/C30H38FN7O.C27H31F4N7O/c1-29(2,3)35-10-6-7-19-13-23(36-24(14-19)21-15-22(31)17-32-16-21)20-8-11-38(12-9-20)27-25-26(33-18-34-27)37-28(39)30(25,4)5;1-26(2)21-22(35-25(26)39)32-15-33-24(21)37-9-7-16(8-10-37)23-34-20(14-38(23)12-11-36(3)4)17-5-6-19(28)18(13-17)27(29,30)31/h13-18,20,35H,6-12H2,1-5H3,(H,33,34,37,39);5-6,13-16H,7-12H2,1-4H3,(H,32,33,35,39). The number of nitrogens with zero attached hydrogens (tertiary/aromatic N) is 11. The number of benzene rings is 1. The third-order valence-corrected chi connectivity index (χ3v) is 15.2. The fourth-order valence-electron chi connectivity index (χ4n) is 10.8. The number of amides is 2. The molecular formula is C57H69F5N14O2. The van der Waals surface area contributed by atoms with Crippen LogP contribution in [0.15, 0.2) is 67.6 Å². The summed E-state index contributed by atoms with van der Waals surface area (Å²) in [5.41, 5.74) is 3.34. The summed E-state index contributed by atoms with van der Waals surface area (Å²) in [5, 5.41) is 9.29. The molecule has 1 aromatic carbocycles. The van der Waals surface area contributed by atoms with E-state index in [1.54, 1.807) is 12.4 Å². The van der Waals surface area contributed by atoms with Gasteiger partial charge in [0.1, 0.15) is 53.4 Å². The molecule has 4 aliphatic rings. The Morgan fingerprint density at radius 1 is 0.731 bits per heavy atom. The van der Waals surface area contributed by atoms with E-state index in [0.29, 0.717) is 42.5 Å². The average molecular weight is 1080 g/mol. The minimum atomic E-state index is -4.79. The lowest BCUT2D eigenvalue weighted by Gasteiger charge is -2.34. The number of aryl methyl sites for hydroxylation is 1. The van der Waals surface area contributed by atoms with E-state index in [1.807, 2.05) is 51.3 Å². The lowest BCUT2D eigenvalue weighted by atomic mass is 9.86. The fourth-order valence-corrected chi connectivity index (χ4v) is 10.8. The van der Waals surface area contributed by atoms with Crippen molar-refractivity contribution < 1.29 is 31.5 Å². The van der Waals surface area contributed by atoms with Crippen LogP contribution in [-0.4, -0.2) is 115 Å². The molecule has 0 aliphatic carbocycles. The van der Waals surface area contributed by atoms with Crippen LogP contribution in [0.5, 0.6) is 0 Å². The van der Waals surface area contributed by atoms with E-state index < -0.39 is 28.4 Å². The summed E-state index contributed by atoms with van der Waals surface area (Å²) in [7, 11) is 3.90. The second-order valence-electron chi connectivity index (χ2n) is 23.2. The number of imidazole rings is 1. The second-order valence-corrected chi connectivity index (χ2v) is 23.2. The normalized spacial score (nSPS) is 17.4. The van der Waals surface area contributed by atoms with Gasteiger partial charge in [0.15, 0.2) is 0 Å². The first kappa shape index (κ1) is 55.7. The molecule has 10 rings (SSSR count). The summed E-state index contributed by atoms with van der Waals surface area (Å²) in [6.07, 6.45) is 8.07. The van der Waals surface area contributed by atoms with Gasteiger partial charge in [0.25, 0.3) is 0 Å². The van der Waals surface area contributed by atoms with Crippen LogP contribution in [-0.2, 0) is 39.6 Å². The van der Waals surface area contributed by atoms with Gasteiger partial charge in [0.2, 0.25) is 11.8 Å². The monoisotopic (exact) mass is 1080 g/mol. The van der Waals surface area contributed by atoms with Crippen molar-refractivity contribution in [2.75, 3.05) is 73.8 Å². The third kappa shape index (κ3) is 12.0. The van der Waals surface area contributed by atoms with E-state index >= 15 is 0 Å².